The Morgan fingerprint density at radius 1 is 1.17 bits per heavy atom. The van der Waals surface area contributed by atoms with Crippen LogP contribution in [0.3, 0.4) is 0 Å². The van der Waals surface area contributed by atoms with Crippen LogP contribution in [0, 0.1) is 0 Å². The lowest BCUT2D eigenvalue weighted by Gasteiger charge is -2.21. The molecule has 132 valence electrons. The van der Waals surface area contributed by atoms with E-state index in [0.717, 1.165) is 18.2 Å². The number of hydrogen-bond acceptors (Lipinski definition) is 4. The van der Waals surface area contributed by atoms with Gasteiger partial charge in [0.1, 0.15) is 5.75 Å². The van der Waals surface area contributed by atoms with Crippen molar-refractivity contribution in [1.82, 2.24) is 4.57 Å². The van der Waals surface area contributed by atoms with Crippen LogP contribution in [0.5, 0.6) is 17.2 Å². The molecule has 0 aliphatic heterocycles. The Morgan fingerprint density at radius 3 is 2.46 bits per heavy atom. The van der Waals surface area contributed by atoms with Crippen LogP contribution >= 0.6 is 0 Å². The molecule has 0 unspecified atom stereocenters. The van der Waals surface area contributed by atoms with Gasteiger partial charge in [0.25, 0.3) is 5.56 Å². The molecule has 2 rings (SSSR count). The van der Waals surface area contributed by atoms with Crippen LogP contribution in [0.2, 0.25) is 0 Å². The predicted molar refractivity (Wildman–Crippen MR) is 96.4 cm³/mol. The maximum Gasteiger partial charge on any atom is 0.297 e. The van der Waals surface area contributed by atoms with E-state index in [9.17, 15) is 9.90 Å². The number of phenols is 1. The number of benzene rings is 1. The summed E-state index contributed by atoms with van der Waals surface area (Å²) in [4.78, 5) is 13.0. The summed E-state index contributed by atoms with van der Waals surface area (Å²) in [5, 5.41) is 10.6. The van der Waals surface area contributed by atoms with Crippen LogP contribution in [-0.4, -0.2) is 22.4 Å². The van der Waals surface area contributed by atoms with Gasteiger partial charge in [-0.3, -0.25) is 4.79 Å². The van der Waals surface area contributed by atoms with Crippen molar-refractivity contribution in [2.24, 2.45) is 0 Å². The largest absolute Gasteiger partial charge is 0.508 e. The molecular formula is C19H27NO4. The number of nitrogens with zero attached hydrogens (tertiary/aromatic N) is 1. The number of phenolic OH excluding ortho intramolecular Hbond substituents is 1. The van der Waals surface area contributed by atoms with Gasteiger partial charge >= 0.3 is 0 Å². The highest BCUT2D eigenvalue weighted by Gasteiger charge is 2.22. The summed E-state index contributed by atoms with van der Waals surface area (Å²) in [6.45, 7) is 10.2. The summed E-state index contributed by atoms with van der Waals surface area (Å²) in [5.74, 6) is 0.829. The van der Waals surface area contributed by atoms with E-state index in [1.54, 1.807) is 22.8 Å². The fourth-order valence-corrected chi connectivity index (χ4v) is 2.66. The summed E-state index contributed by atoms with van der Waals surface area (Å²) in [6.07, 6.45) is 1.76. The van der Waals surface area contributed by atoms with E-state index in [2.05, 4.69) is 6.92 Å². The molecule has 1 aromatic carbocycles. The van der Waals surface area contributed by atoms with Crippen molar-refractivity contribution >= 4 is 10.9 Å². The SMILES string of the molecule is CCCCOc1c(OC(C)C)c(=O)n(C(C)C)c2cc(O)ccc12. The molecular weight excluding hydrogens is 306 g/mol. The van der Waals surface area contributed by atoms with Gasteiger partial charge in [-0.1, -0.05) is 13.3 Å². The van der Waals surface area contributed by atoms with Gasteiger partial charge in [0.2, 0.25) is 5.75 Å². The first-order valence-corrected chi connectivity index (χ1v) is 8.57. The highest BCUT2D eigenvalue weighted by Crippen LogP contribution is 2.36. The van der Waals surface area contributed by atoms with Crippen LogP contribution in [0.15, 0.2) is 23.0 Å². The summed E-state index contributed by atoms with van der Waals surface area (Å²) in [5.41, 5.74) is 0.418. The molecule has 1 N–H and O–H groups in total. The van der Waals surface area contributed by atoms with Gasteiger partial charge in [0.05, 0.1) is 18.2 Å². The third-order valence-electron chi connectivity index (χ3n) is 3.72. The molecule has 0 bridgehead atoms. The third-order valence-corrected chi connectivity index (χ3v) is 3.72. The van der Waals surface area contributed by atoms with Crippen LogP contribution in [0.1, 0.15) is 53.5 Å². The molecule has 0 saturated carbocycles. The summed E-state index contributed by atoms with van der Waals surface area (Å²) >= 11 is 0. The van der Waals surface area contributed by atoms with Crippen molar-refractivity contribution in [3.05, 3.63) is 28.6 Å². The maximum absolute atomic E-state index is 13.0. The average Bonchev–Trinajstić information content (AvgIpc) is 2.49. The Kier molecular flexibility index (Phi) is 5.75. The number of rotatable bonds is 7. The van der Waals surface area contributed by atoms with Crippen molar-refractivity contribution in [2.45, 2.75) is 59.6 Å². The Bertz CT molecular complexity index is 762. The van der Waals surface area contributed by atoms with Crippen molar-refractivity contribution in [3.63, 3.8) is 0 Å². The van der Waals surface area contributed by atoms with Gasteiger partial charge < -0.3 is 19.1 Å². The van der Waals surface area contributed by atoms with Crippen LogP contribution in [0.25, 0.3) is 10.9 Å². The van der Waals surface area contributed by atoms with E-state index in [1.165, 1.54) is 0 Å². The highest BCUT2D eigenvalue weighted by molar-refractivity contribution is 5.89. The van der Waals surface area contributed by atoms with E-state index < -0.39 is 0 Å². The minimum absolute atomic E-state index is 0.0685. The smallest absolute Gasteiger partial charge is 0.297 e. The number of unbranched alkanes of at least 4 members (excludes halogenated alkanes) is 1. The summed E-state index contributed by atoms with van der Waals surface area (Å²) in [6, 6.07) is 4.91. The van der Waals surface area contributed by atoms with Gasteiger partial charge in [0.15, 0.2) is 5.75 Å². The van der Waals surface area contributed by atoms with E-state index in [4.69, 9.17) is 9.47 Å². The van der Waals surface area contributed by atoms with Crippen LogP contribution in [0.4, 0.5) is 0 Å². The van der Waals surface area contributed by atoms with Crippen LogP contribution < -0.4 is 15.0 Å². The quantitative estimate of drug-likeness (QED) is 0.769. The zero-order valence-corrected chi connectivity index (χ0v) is 15.1. The van der Waals surface area contributed by atoms with E-state index in [1.807, 2.05) is 27.7 Å². The molecule has 1 aromatic heterocycles. The molecule has 0 saturated heterocycles. The lowest BCUT2D eigenvalue weighted by atomic mass is 10.1. The molecule has 0 aliphatic rings. The Hall–Kier alpha value is -2.17. The van der Waals surface area contributed by atoms with E-state index >= 15 is 0 Å². The van der Waals surface area contributed by atoms with Gasteiger partial charge in [-0.25, -0.2) is 0 Å². The minimum atomic E-state index is -0.233. The Morgan fingerprint density at radius 2 is 1.88 bits per heavy atom. The second-order valence-electron chi connectivity index (χ2n) is 6.50. The fraction of sp³-hybridized carbons (Fsp3) is 0.526. The predicted octanol–water partition coefficient (Wildman–Crippen LogP) is 4.25. The summed E-state index contributed by atoms with van der Waals surface area (Å²) in [7, 11) is 0. The first-order chi connectivity index (χ1) is 11.4. The van der Waals surface area contributed by atoms with Gasteiger partial charge in [0, 0.05) is 17.5 Å². The van der Waals surface area contributed by atoms with Crippen molar-refractivity contribution in [1.29, 1.82) is 0 Å². The van der Waals surface area contributed by atoms with Crippen molar-refractivity contribution in [3.8, 4) is 17.2 Å². The maximum atomic E-state index is 13.0. The zero-order chi connectivity index (χ0) is 17.9. The standard InChI is InChI=1S/C19H27NO4/c1-6-7-10-23-17-15-9-8-14(21)11-16(15)20(12(2)3)19(22)18(17)24-13(4)5/h8-9,11-13,21H,6-7,10H2,1-5H3. The topological polar surface area (TPSA) is 60.7 Å². The molecule has 1 heterocycles. The van der Waals surface area contributed by atoms with Gasteiger partial charge in [-0.05, 0) is 46.2 Å². The first kappa shape index (κ1) is 18.2. The summed E-state index contributed by atoms with van der Waals surface area (Å²) < 4.78 is 13.4. The molecule has 5 heteroatoms. The lowest BCUT2D eigenvalue weighted by Crippen LogP contribution is -2.26. The number of aromatic hydroxyl groups is 1. The monoisotopic (exact) mass is 333 g/mol. The average molecular weight is 333 g/mol. The molecule has 5 nitrogen and oxygen atoms in total. The minimum Gasteiger partial charge on any atom is -0.508 e. The normalized spacial score (nSPS) is 11.5. The fourth-order valence-electron chi connectivity index (χ4n) is 2.66. The van der Waals surface area contributed by atoms with Gasteiger partial charge in [-0.15, -0.1) is 0 Å². The third kappa shape index (κ3) is 3.66. The Balaban J connectivity index is 2.78. The second kappa shape index (κ2) is 7.60. The molecule has 0 fully saturated rings. The number of fused-ring (bicyclic) bond motifs is 1. The van der Waals surface area contributed by atoms with Crippen molar-refractivity contribution in [2.75, 3.05) is 6.61 Å². The van der Waals surface area contributed by atoms with Crippen molar-refractivity contribution < 1.29 is 14.6 Å². The zero-order valence-electron chi connectivity index (χ0n) is 15.1. The van der Waals surface area contributed by atoms with E-state index in [-0.39, 0.29) is 29.2 Å². The number of aromatic nitrogens is 1. The molecule has 0 spiro atoms. The first-order valence-electron chi connectivity index (χ1n) is 8.57. The number of pyridine rings is 1. The highest BCUT2D eigenvalue weighted by atomic mass is 16.5. The van der Waals surface area contributed by atoms with Crippen LogP contribution in [-0.2, 0) is 0 Å². The lowest BCUT2D eigenvalue weighted by molar-refractivity contribution is 0.216. The molecule has 0 atom stereocenters. The molecule has 24 heavy (non-hydrogen) atoms. The van der Waals surface area contributed by atoms with E-state index in [0.29, 0.717) is 17.9 Å². The number of hydrogen-bond donors (Lipinski definition) is 1. The molecule has 0 radical (unpaired) electrons. The van der Waals surface area contributed by atoms with Gasteiger partial charge in [-0.2, -0.15) is 0 Å². The molecule has 0 amide bonds. The number of ether oxygens (including phenoxy) is 2. The molecule has 2 aromatic rings. The second-order valence-corrected chi connectivity index (χ2v) is 6.50. The molecule has 0 aliphatic carbocycles. The Labute approximate surface area is 142 Å².